The number of hydrogen-bond donors (Lipinski definition) is 0. The molecule has 2 heterocycles. The summed E-state index contributed by atoms with van der Waals surface area (Å²) in [5, 5.41) is 0. The minimum Gasteiger partial charge on any atom is -0.493 e. The minimum absolute atomic E-state index is 0.0107. The molecule has 2 aliphatic rings. The van der Waals surface area contributed by atoms with E-state index in [1.165, 1.54) is 21.3 Å². The van der Waals surface area contributed by atoms with Crippen molar-refractivity contribution in [3.05, 3.63) is 12.1 Å². The fourth-order valence-corrected chi connectivity index (χ4v) is 3.39. The van der Waals surface area contributed by atoms with E-state index in [0.29, 0.717) is 55.8 Å². The van der Waals surface area contributed by atoms with Crippen LogP contribution >= 0.6 is 0 Å². The lowest BCUT2D eigenvalue weighted by atomic mass is 10.1. The Bertz CT molecular complexity index is 661. The zero-order valence-corrected chi connectivity index (χ0v) is 15.3. The lowest BCUT2D eigenvalue weighted by Gasteiger charge is -2.29. The van der Waals surface area contributed by atoms with Gasteiger partial charge in [-0.1, -0.05) is 0 Å². The van der Waals surface area contributed by atoms with Crippen LogP contribution in [0, 0.1) is 5.92 Å². The van der Waals surface area contributed by atoms with Crippen molar-refractivity contribution in [2.75, 3.05) is 59.1 Å². The van der Waals surface area contributed by atoms with Crippen molar-refractivity contribution in [3.63, 3.8) is 0 Å². The molecule has 8 heteroatoms. The fourth-order valence-electron chi connectivity index (χ4n) is 3.39. The summed E-state index contributed by atoms with van der Waals surface area (Å²) in [6.45, 7) is 2.58. The number of morpholine rings is 1. The van der Waals surface area contributed by atoms with E-state index in [9.17, 15) is 9.59 Å². The molecule has 0 saturated carbocycles. The van der Waals surface area contributed by atoms with Gasteiger partial charge in [0.25, 0.3) is 0 Å². The fraction of sp³-hybridized carbons (Fsp3) is 0.556. The van der Waals surface area contributed by atoms with Crippen molar-refractivity contribution >= 4 is 17.5 Å². The van der Waals surface area contributed by atoms with E-state index in [1.54, 1.807) is 21.9 Å². The van der Waals surface area contributed by atoms with Gasteiger partial charge in [-0.3, -0.25) is 9.59 Å². The van der Waals surface area contributed by atoms with Crippen LogP contribution in [0.3, 0.4) is 0 Å². The summed E-state index contributed by atoms with van der Waals surface area (Å²) >= 11 is 0. The maximum Gasteiger partial charge on any atom is 0.228 e. The largest absolute Gasteiger partial charge is 0.493 e. The normalized spacial score (nSPS) is 20.3. The third-order valence-electron chi connectivity index (χ3n) is 4.76. The molecule has 0 aromatic heterocycles. The molecule has 3 rings (SSSR count). The lowest BCUT2D eigenvalue weighted by molar-refractivity contribution is -0.139. The van der Waals surface area contributed by atoms with Gasteiger partial charge in [-0.25, -0.2) is 0 Å². The van der Waals surface area contributed by atoms with Crippen LogP contribution in [0.5, 0.6) is 17.2 Å². The summed E-state index contributed by atoms with van der Waals surface area (Å²) < 4.78 is 21.3. The van der Waals surface area contributed by atoms with Crippen molar-refractivity contribution in [1.29, 1.82) is 0 Å². The number of carbonyl (C=O) groups excluding carboxylic acids is 2. The molecule has 0 radical (unpaired) electrons. The first-order valence-electron chi connectivity index (χ1n) is 8.56. The Labute approximate surface area is 152 Å². The summed E-state index contributed by atoms with van der Waals surface area (Å²) in [5.41, 5.74) is 0.627. The highest BCUT2D eigenvalue weighted by Gasteiger charge is 2.38. The molecule has 0 N–H and O–H groups in total. The average Bonchev–Trinajstić information content (AvgIpc) is 3.08. The Kier molecular flexibility index (Phi) is 5.51. The molecule has 142 valence electrons. The van der Waals surface area contributed by atoms with E-state index in [2.05, 4.69) is 0 Å². The Morgan fingerprint density at radius 2 is 1.69 bits per heavy atom. The van der Waals surface area contributed by atoms with Crippen molar-refractivity contribution in [1.82, 2.24) is 4.90 Å². The molecule has 0 bridgehead atoms. The molecule has 26 heavy (non-hydrogen) atoms. The topological polar surface area (TPSA) is 77.5 Å². The Morgan fingerprint density at radius 3 is 2.23 bits per heavy atom. The predicted octanol–water partition coefficient (Wildman–Crippen LogP) is 0.924. The molecule has 2 amide bonds. The van der Waals surface area contributed by atoms with E-state index in [-0.39, 0.29) is 24.2 Å². The number of anilines is 1. The van der Waals surface area contributed by atoms with Crippen LogP contribution in [-0.2, 0) is 14.3 Å². The van der Waals surface area contributed by atoms with Gasteiger partial charge in [0, 0.05) is 38.2 Å². The lowest BCUT2D eigenvalue weighted by Crippen LogP contribution is -2.44. The van der Waals surface area contributed by atoms with Crippen LogP contribution in [0.4, 0.5) is 5.69 Å². The Morgan fingerprint density at radius 1 is 1.08 bits per heavy atom. The minimum atomic E-state index is -0.348. The molecule has 2 fully saturated rings. The number of nitrogens with zero attached hydrogens (tertiary/aromatic N) is 2. The second kappa shape index (κ2) is 7.82. The van der Waals surface area contributed by atoms with Gasteiger partial charge in [0.05, 0.1) is 46.1 Å². The number of benzene rings is 1. The summed E-state index contributed by atoms with van der Waals surface area (Å²) in [6, 6.07) is 3.45. The van der Waals surface area contributed by atoms with Crippen LogP contribution in [0.2, 0.25) is 0 Å². The zero-order chi connectivity index (χ0) is 18.7. The maximum atomic E-state index is 12.7. The van der Waals surface area contributed by atoms with Gasteiger partial charge < -0.3 is 28.7 Å². The third-order valence-corrected chi connectivity index (χ3v) is 4.76. The Hall–Kier alpha value is -2.48. The summed E-state index contributed by atoms with van der Waals surface area (Å²) in [5.74, 6) is 0.976. The zero-order valence-electron chi connectivity index (χ0n) is 15.3. The van der Waals surface area contributed by atoms with Crippen LogP contribution in [0.15, 0.2) is 12.1 Å². The summed E-state index contributed by atoms with van der Waals surface area (Å²) in [4.78, 5) is 28.6. The quantitative estimate of drug-likeness (QED) is 0.773. The average molecular weight is 364 g/mol. The SMILES string of the molecule is COc1cc(N2CC(C(=O)N3CCOCC3)CC2=O)cc(OC)c1OC. The molecule has 2 aliphatic heterocycles. The molecular weight excluding hydrogens is 340 g/mol. The number of carbonyl (C=O) groups is 2. The van der Waals surface area contributed by atoms with E-state index in [1.807, 2.05) is 0 Å². The first-order valence-corrected chi connectivity index (χ1v) is 8.56. The van der Waals surface area contributed by atoms with Crippen LogP contribution < -0.4 is 19.1 Å². The van der Waals surface area contributed by atoms with Crippen LogP contribution in [-0.4, -0.2) is 70.9 Å². The number of methoxy groups -OCH3 is 3. The molecule has 8 nitrogen and oxygen atoms in total. The number of ether oxygens (including phenoxy) is 4. The standard InChI is InChI=1S/C18H24N2O6/c1-23-14-9-13(10-15(24-2)17(14)25-3)20-11-12(8-16(20)21)18(22)19-4-6-26-7-5-19/h9-10,12H,4-8,11H2,1-3H3. The summed E-state index contributed by atoms with van der Waals surface area (Å²) in [7, 11) is 4.58. The molecule has 2 saturated heterocycles. The highest BCUT2D eigenvalue weighted by molar-refractivity contribution is 6.00. The summed E-state index contributed by atoms with van der Waals surface area (Å²) in [6.07, 6.45) is 0.201. The first kappa shape index (κ1) is 18.3. The van der Waals surface area contributed by atoms with Crippen molar-refractivity contribution in [3.8, 4) is 17.2 Å². The predicted molar refractivity (Wildman–Crippen MR) is 94.0 cm³/mol. The van der Waals surface area contributed by atoms with Gasteiger partial charge >= 0.3 is 0 Å². The van der Waals surface area contributed by atoms with Crippen molar-refractivity contribution in [2.24, 2.45) is 5.92 Å². The van der Waals surface area contributed by atoms with Crippen LogP contribution in [0.1, 0.15) is 6.42 Å². The van der Waals surface area contributed by atoms with Gasteiger partial charge in [-0.15, -0.1) is 0 Å². The van der Waals surface area contributed by atoms with E-state index >= 15 is 0 Å². The second-order valence-corrected chi connectivity index (χ2v) is 6.23. The van der Waals surface area contributed by atoms with Gasteiger partial charge in [0.15, 0.2) is 11.5 Å². The number of hydrogen-bond acceptors (Lipinski definition) is 6. The molecule has 0 spiro atoms. The monoisotopic (exact) mass is 364 g/mol. The van der Waals surface area contributed by atoms with Gasteiger partial charge in [-0.05, 0) is 0 Å². The molecular formula is C18H24N2O6. The molecule has 1 atom stereocenters. The molecule has 0 aliphatic carbocycles. The van der Waals surface area contributed by atoms with Gasteiger partial charge in [0.1, 0.15) is 0 Å². The highest BCUT2D eigenvalue weighted by Crippen LogP contribution is 2.42. The number of rotatable bonds is 5. The number of amides is 2. The third kappa shape index (κ3) is 3.41. The van der Waals surface area contributed by atoms with E-state index < -0.39 is 0 Å². The Balaban J connectivity index is 1.81. The molecule has 1 aromatic carbocycles. The first-order chi connectivity index (χ1) is 12.6. The second-order valence-electron chi connectivity index (χ2n) is 6.23. The highest BCUT2D eigenvalue weighted by atomic mass is 16.5. The van der Waals surface area contributed by atoms with E-state index in [4.69, 9.17) is 18.9 Å². The smallest absolute Gasteiger partial charge is 0.228 e. The molecule has 1 unspecified atom stereocenters. The molecule has 1 aromatic rings. The maximum absolute atomic E-state index is 12.7. The van der Waals surface area contributed by atoms with Gasteiger partial charge in [0.2, 0.25) is 17.6 Å². The van der Waals surface area contributed by atoms with Crippen LogP contribution in [0.25, 0.3) is 0 Å². The van der Waals surface area contributed by atoms with Crippen molar-refractivity contribution < 1.29 is 28.5 Å². The van der Waals surface area contributed by atoms with Gasteiger partial charge in [-0.2, -0.15) is 0 Å². The van der Waals surface area contributed by atoms with Crippen molar-refractivity contribution in [2.45, 2.75) is 6.42 Å². The van der Waals surface area contributed by atoms with E-state index in [0.717, 1.165) is 0 Å².